The summed E-state index contributed by atoms with van der Waals surface area (Å²) >= 11 is 1.57. The lowest BCUT2D eigenvalue weighted by atomic mass is 10.3. The minimum Gasteiger partial charge on any atom is -0.470 e. The number of nitrogens with zero attached hydrogens (tertiary/aromatic N) is 1. The lowest BCUT2D eigenvalue weighted by Crippen LogP contribution is -2.14. The molecule has 0 spiro atoms. The van der Waals surface area contributed by atoms with Crippen LogP contribution in [0.3, 0.4) is 0 Å². The second-order valence-corrected chi connectivity index (χ2v) is 4.36. The molecule has 0 atom stereocenters. The lowest BCUT2D eigenvalue weighted by Gasteiger charge is -2.07. The number of nitrogen functional groups attached to an aromatic ring is 1. The third-order valence-electron chi connectivity index (χ3n) is 2.07. The maximum atomic E-state index is 11.0. The number of carbonyl (C=O) groups is 1. The van der Waals surface area contributed by atoms with Gasteiger partial charge >= 0.3 is 0 Å². The maximum Gasteiger partial charge on any atom is 0.267 e. The van der Waals surface area contributed by atoms with Crippen molar-refractivity contribution in [2.45, 2.75) is 6.61 Å². The van der Waals surface area contributed by atoms with Crippen molar-refractivity contribution in [2.75, 3.05) is 5.73 Å². The molecule has 2 heterocycles. The molecule has 88 valence electrons. The third-order valence-corrected chi connectivity index (χ3v) is 2.92. The van der Waals surface area contributed by atoms with E-state index in [0.29, 0.717) is 12.3 Å². The minimum atomic E-state index is -0.606. The van der Waals surface area contributed by atoms with Crippen molar-refractivity contribution in [1.82, 2.24) is 4.98 Å². The standard InChI is InChI=1S/C11H11N3O2S/c12-8-3-4-9(10(13)15)14-11(8)16-6-7-2-1-5-17-7/h1-5H,6,12H2,(H2,13,15). The zero-order chi connectivity index (χ0) is 12.3. The molecule has 0 fully saturated rings. The van der Waals surface area contributed by atoms with Gasteiger partial charge < -0.3 is 16.2 Å². The van der Waals surface area contributed by atoms with Crippen LogP contribution >= 0.6 is 11.3 Å². The van der Waals surface area contributed by atoms with Crippen molar-refractivity contribution in [3.05, 3.63) is 40.2 Å². The minimum absolute atomic E-state index is 0.139. The largest absolute Gasteiger partial charge is 0.470 e. The number of thiophene rings is 1. The van der Waals surface area contributed by atoms with E-state index >= 15 is 0 Å². The molecule has 0 radical (unpaired) electrons. The van der Waals surface area contributed by atoms with Gasteiger partial charge in [-0.25, -0.2) is 4.98 Å². The SMILES string of the molecule is NC(=O)c1ccc(N)c(OCc2cccs2)n1. The molecule has 0 aromatic carbocycles. The van der Waals surface area contributed by atoms with Crippen molar-refractivity contribution >= 4 is 22.9 Å². The van der Waals surface area contributed by atoms with Gasteiger partial charge in [-0.3, -0.25) is 4.79 Å². The van der Waals surface area contributed by atoms with Crippen LogP contribution in [0.5, 0.6) is 5.88 Å². The normalized spacial score (nSPS) is 10.1. The molecule has 4 N–H and O–H groups in total. The van der Waals surface area contributed by atoms with Gasteiger partial charge in [0.25, 0.3) is 5.91 Å². The summed E-state index contributed by atoms with van der Waals surface area (Å²) in [5, 5.41) is 1.95. The molecule has 1 amide bonds. The summed E-state index contributed by atoms with van der Waals surface area (Å²) in [6.07, 6.45) is 0. The van der Waals surface area contributed by atoms with E-state index in [-0.39, 0.29) is 11.6 Å². The summed E-state index contributed by atoms with van der Waals surface area (Å²) in [6.45, 7) is 0.372. The third kappa shape index (κ3) is 2.73. The molecule has 0 saturated carbocycles. The Bertz CT molecular complexity index is 526. The number of hydrogen-bond donors (Lipinski definition) is 2. The Kier molecular flexibility index (Phi) is 3.24. The van der Waals surface area contributed by atoms with Crippen molar-refractivity contribution in [3.8, 4) is 5.88 Å². The Hall–Kier alpha value is -2.08. The average molecular weight is 249 g/mol. The van der Waals surface area contributed by atoms with E-state index < -0.39 is 5.91 Å². The van der Waals surface area contributed by atoms with Crippen LogP contribution in [-0.4, -0.2) is 10.9 Å². The highest BCUT2D eigenvalue weighted by molar-refractivity contribution is 7.09. The first-order valence-electron chi connectivity index (χ1n) is 4.88. The molecule has 6 heteroatoms. The fourth-order valence-electron chi connectivity index (χ4n) is 1.24. The van der Waals surface area contributed by atoms with Gasteiger partial charge in [-0.15, -0.1) is 11.3 Å². The number of pyridine rings is 1. The number of anilines is 1. The van der Waals surface area contributed by atoms with Crippen molar-refractivity contribution in [3.63, 3.8) is 0 Å². The van der Waals surface area contributed by atoms with Crippen LogP contribution in [0, 0.1) is 0 Å². The van der Waals surface area contributed by atoms with E-state index in [1.54, 1.807) is 17.4 Å². The van der Waals surface area contributed by atoms with Crippen molar-refractivity contribution in [2.24, 2.45) is 5.73 Å². The summed E-state index contributed by atoms with van der Waals surface area (Å²) in [4.78, 5) is 16.0. The molecule has 2 aromatic rings. The van der Waals surface area contributed by atoms with Crippen LogP contribution in [0.25, 0.3) is 0 Å². The first-order chi connectivity index (χ1) is 8.16. The van der Waals surface area contributed by atoms with E-state index in [0.717, 1.165) is 4.88 Å². The number of carbonyl (C=O) groups excluding carboxylic acids is 1. The van der Waals surface area contributed by atoms with Crippen LogP contribution in [0.1, 0.15) is 15.4 Å². The highest BCUT2D eigenvalue weighted by Gasteiger charge is 2.08. The van der Waals surface area contributed by atoms with E-state index in [2.05, 4.69) is 4.98 Å². The average Bonchev–Trinajstić information content (AvgIpc) is 2.80. The van der Waals surface area contributed by atoms with Gasteiger partial charge in [-0.1, -0.05) is 6.07 Å². The summed E-state index contributed by atoms with van der Waals surface area (Å²) in [7, 11) is 0. The van der Waals surface area contributed by atoms with E-state index in [9.17, 15) is 4.79 Å². The second-order valence-electron chi connectivity index (χ2n) is 3.32. The van der Waals surface area contributed by atoms with Gasteiger partial charge in [0.2, 0.25) is 5.88 Å². The molecule has 2 aromatic heterocycles. The van der Waals surface area contributed by atoms with Gasteiger partial charge in [-0.2, -0.15) is 0 Å². The molecule has 0 aliphatic carbocycles. The van der Waals surface area contributed by atoms with Crippen molar-refractivity contribution < 1.29 is 9.53 Å². The number of rotatable bonds is 4. The highest BCUT2D eigenvalue weighted by Crippen LogP contribution is 2.20. The van der Waals surface area contributed by atoms with Gasteiger partial charge in [0.15, 0.2) is 0 Å². The molecule has 0 unspecified atom stereocenters. The van der Waals surface area contributed by atoms with Gasteiger partial charge in [0.1, 0.15) is 12.3 Å². The Morgan fingerprint density at radius 1 is 1.41 bits per heavy atom. The summed E-state index contributed by atoms with van der Waals surface area (Å²) in [5.41, 5.74) is 11.3. The van der Waals surface area contributed by atoms with E-state index in [1.165, 1.54) is 6.07 Å². The smallest absolute Gasteiger partial charge is 0.267 e. The predicted octanol–water partition coefficient (Wildman–Crippen LogP) is 1.40. The summed E-state index contributed by atoms with van der Waals surface area (Å²) < 4.78 is 5.44. The number of primary amides is 1. The lowest BCUT2D eigenvalue weighted by molar-refractivity contribution is 0.0994. The van der Waals surface area contributed by atoms with Gasteiger partial charge in [-0.05, 0) is 23.6 Å². The number of ether oxygens (including phenoxy) is 1. The topological polar surface area (TPSA) is 91.2 Å². The fraction of sp³-hybridized carbons (Fsp3) is 0.0909. The number of amides is 1. The van der Waals surface area contributed by atoms with E-state index in [4.69, 9.17) is 16.2 Å². The maximum absolute atomic E-state index is 11.0. The van der Waals surface area contributed by atoms with Crippen LogP contribution in [0.15, 0.2) is 29.6 Å². The Morgan fingerprint density at radius 2 is 2.24 bits per heavy atom. The molecule has 0 saturated heterocycles. The first kappa shape index (κ1) is 11.4. The summed E-state index contributed by atoms with van der Waals surface area (Å²) in [6, 6.07) is 6.89. The Morgan fingerprint density at radius 3 is 2.88 bits per heavy atom. The fourth-order valence-corrected chi connectivity index (χ4v) is 1.85. The molecule has 5 nitrogen and oxygen atoms in total. The van der Waals surface area contributed by atoms with Crippen molar-refractivity contribution in [1.29, 1.82) is 0 Å². The second kappa shape index (κ2) is 4.84. The number of aromatic nitrogens is 1. The molecule has 0 bridgehead atoms. The zero-order valence-electron chi connectivity index (χ0n) is 8.92. The monoisotopic (exact) mass is 249 g/mol. The first-order valence-corrected chi connectivity index (χ1v) is 5.76. The zero-order valence-corrected chi connectivity index (χ0v) is 9.74. The van der Waals surface area contributed by atoms with Crippen LogP contribution < -0.4 is 16.2 Å². The summed E-state index contributed by atoms with van der Waals surface area (Å²) in [5.74, 6) is -0.374. The highest BCUT2D eigenvalue weighted by atomic mass is 32.1. The Balaban J connectivity index is 2.14. The molecule has 0 aliphatic rings. The van der Waals surface area contributed by atoms with Crippen LogP contribution in [-0.2, 0) is 6.61 Å². The van der Waals surface area contributed by atoms with Gasteiger partial charge in [0, 0.05) is 4.88 Å². The molecular weight excluding hydrogens is 238 g/mol. The quantitative estimate of drug-likeness (QED) is 0.856. The molecular formula is C11H11N3O2S. The van der Waals surface area contributed by atoms with Crippen LogP contribution in [0.4, 0.5) is 5.69 Å². The molecule has 2 rings (SSSR count). The van der Waals surface area contributed by atoms with Gasteiger partial charge in [0.05, 0.1) is 5.69 Å². The Labute approximate surface area is 102 Å². The van der Waals surface area contributed by atoms with E-state index in [1.807, 2.05) is 17.5 Å². The number of nitrogens with two attached hydrogens (primary N) is 2. The number of hydrogen-bond acceptors (Lipinski definition) is 5. The predicted molar refractivity (Wildman–Crippen MR) is 65.8 cm³/mol. The van der Waals surface area contributed by atoms with Crippen LogP contribution in [0.2, 0.25) is 0 Å². The molecule has 0 aliphatic heterocycles. The molecule has 17 heavy (non-hydrogen) atoms.